The van der Waals surface area contributed by atoms with E-state index < -0.39 is 6.10 Å². The molecule has 0 aromatic carbocycles. The molecule has 8 nitrogen and oxygen atoms in total. The van der Waals surface area contributed by atoms with Gasteiger partial charge in [0, 0.05) is 24.5 Å². The molecule has 4 heterocycles. The van der Waals surface area contributed by atoms with Gasteiger partial charge in [-0.3, -0.25) is 9.88 Å². The maximum Gasteiger partial charge on any atom is 0.244 e. The van der Waals surface area contributed by atoms with Gasteiger partial charge in [-0.25, -0.2) is 0 Å². The Morgan fingerprint density at radius 1 is 1.16 bits per heavy atom. The van der Waals surface area contributed by atoms with Gasteiger partial charge < -0.3 is 19.2 Å². The van der Waals surface area contributed by atoms with Crippen LogP contribution in [0.15, 0.2) is 45.6 Å². The lowest BCUT2D eigenvalue weighted by atomic mass is 10.2. The average molecular weight is 342 g/mol. The average Bonchev–Trinajstić information content (AvgIpc) is 3.36. The Balaban J connectivity index is 1.54. The minimum atomic E-state index is -0.464. The minimum absolute atomic E-state index is 0.134. The second-order valence-corrected chi connectivity index (χ2v) is 6.05. The molecule has 0 saturated carbocycles. The second-order valence-electron chi connectivity index (χ2n) is 6.05. The predicted octanol–water partition coefficient (Wildman–Crippen LogP) is 1.52. The van der Waals surface area contributed by atoms with Crippen molar-refractivity contribution in [1.82, 2.24) is 20.0 Å². The highest BCUT2D eigenvalue weighted by atomic mass is 16.5. The Morgan fingerprint density at radius 2 is 1.96 bits per heavy atom. The Morgan fingerprint density at radius 3 is 2.72 bits per heavy atom. The van der Waals surface area contributed by atoms with E-state index in [1.54, 1.807) is 18.5 Å². The molecular weight excluding hydrogens is 324 g/mol. The first-order valence-electron chi connectivity index (χ1n) is 8.07. The highest BCUT2D eigenvalue weighted by molar-refractivity contribution is 5.52. The normalized spacial score (nSPS) is 21.0. The van der Waals surface area contributed by atoms with Gasteiger partial charge >= 0.3 is 0 Å². The number of hydrogen-bond acceptors (Lipinski definition) is 8. The van der Waals surface area contributed by atoms with E-state index in [2.05, 4.69) is 15.1 Å². The van der Waals surface area contributed by atoms with Gasteiger partial charge in [0.05, 0.1) is 18.7 Å². The van der Waals surface area contributed by atoms with Gasteiger partial charge in [0.1, 0.15) is 18.1 Å². The summed E-state index contributed by atoms with van der Waals surface area (Å²) in [5.41, 5.74) is 0.828. The number of aliphatic hydroxyl groups excluding tert-OH is 2. The third kappa shape index (κ3) is 3.32. The number of pyridine rings is 1. The van der Waals surface area contributed by atoms with Crippen LogP contribution in [-0.2, 0) is 13.2 Å². The number of hydrogen-bond donors (Lipinski definition) is 2. The number of nitrogens with zero attached hydrogens (tertiary/aromatic N) is 4. The van der Waals surface area contributed by atoms with Crippen LogP contribution in [0.1, 0.15) is 29.9 Å². The number of rotatable bonds is 5. The summed E-state index contributed by atoms with van der Waals surface area (Å²) in [6.45, 7) is 0.854. The highest BCUT2D eigenvalue weighted by Gasteiger charge is 2.36. The van der Waals surface area contributed by atoms with Crippen molar-refractivity contribution in [1.29, 1.82) is 0 Å². The maximum atomic E-state index is 10.1. The van der Waals surface area contributed by atoms with Crippen molar-refractivity contribution in [2.24, 2.45) is 0 Å². The van der Waals surface area contributed by atoms with E-state index in [1.807, 2.05) is 23.1 Å². The van der Waals surface area contributed by atoms with Crippen molar-refractivity contribution in [2.75, 3.05) is 6.54 Å². The number of furan rings is 1. The van der Waals surface area contributed by atoms with Crippen LogP contribution in [0.2, 0.25) is 0 Å². The number of likely N-dealkylation sites (tertiary alicyclic amines) is 1. The Hall–Kier alpha value is -2.55. The fourth-order valence-electron chi connectivity index (χ4n) is 3.09. The lowest BCUT2D eigenvalue weighted by Crippen LogP contribution is -2.24. The molecule has 4 rings (SSSR count). The summed E-state index contributed by atoms with van der Waals surface area (Å²) in [7, 11) is 0. The Kier molecular flexibility index (Phi) is 4.31. The molecule has 3 aromatic rings. The SMILES string of the molecule is OCc1ccc(CN2CC(O)CC2c2nc(-c3ccncc3)no2)o1. The lowest BCUT2D eigenvalue weighted by molar-refractivity contribution is 0.160. The molecule has 1 fully saturated rings. The van der Waals surface area contributed by atoms with E-state index in [0.29, 0.717) is 37.0 Å². The van der Waals surface area contributed by atoms with Gasteiger partial charge in [-0.05, 0) is 30.7 Å². The fourth-order valence-corrected chi connectivity index (χ4v) is 3.09. The quantitative estimate of drug-likeness (QED) is 0.718. The van der Waals surface area contributed by atoms with Crippen molar-refractivity contribution in [3.63, 3.8) is 0 Å². The van der Waals surface area contributed by atoms with E-state index in [4.69, 9.17) is 14.0 Å². The van der Waals surface area contributed by atoms with Crippen LogP contribution in [0.3, 0.4) is 0 Å². The molecule has 0 spiro atoms. The maximum absolute atomic E-state index is 10.1. The van der Waals surface area contributed by atoms with Crippen molar-refractivity contribution in [2.45, 2.75) is 31.7 Å². The first-order valence-corrected chi connectivity index (χ1v) is 8.07. The monoisotopic (exact) mass is 342 g/mol. The first kappa shape index (κ1) is 15.9. The minimum Gasteiger partial charge on any atom is -0.462 e. The molecule has 2 N–H and O–H groups in total. The van der Waals surface area contributed by atoms with Crippen LogP contribution in [-0.4, -0.2) is 42.9 Å². The summed E-state index contributed by atoms with van der Waals surface area (Å²) >= 11 is 0. The smallest absolute Gasteiger partial charge is 0.244 e. The molecular formula is C17H18N4O4. The summed E-state index contributed by atoms with van der Waals surface area (Å²) in [6, 6.07) is 7.01. The van der Waals surface area contributed by atoms with Crippen molar-refractivity contribution in [3.05, 3.63) is 54.1 Å². The van der Waals surface area contributed by atoms with Crippen molar-refractivity contribution in [3.8, 4) is 11.4 Å². The second kappa shape index (κ2) is 6.75. The van der Waals surface area contributed by atoms with E-state index in [-0.39, 0.29) is 12.6 Å². The molecule has 8 heteroatoms. The standard InChI is InChI=1S/C17H18N4O4/c22-10-14-2-1-13(24-14)9-21-8-12(23)7-15(21)17-19-16(20-25-17)11-3-5-18-6-4-11/h1-6,12,15,22-23H,7-10H2. The molecule has 2 unspecified atom stereocenters. The van der Waals surface area contributed by atoms with E-state index in [1.165, 1.54) is 0 Å². The zero-order valence-electron chi connectivity index (χ0n) is 13.4. The van der Waals surface area contributed by atoms with Crippen LogP contribution >= 0.6 is 0 Å². The Bertz CT molecular complexity index is 832. The van der Waals surface area contributed by atoms with Gasteiger partial charge in [0.2, 0.25) is 11.7 Å². The first-order chi connectivity index (χ1) is 12.2. The molecule has 0 aliphatic carbocycles. The summed E-state index contributed by atoms with van der Waals surface area (Å²) in [4.78, 5) is 10.5. The van der Waals surface area contributed by atoms with Crippen LogP contribution in [0.4, 0.5) is 0 Å². The molecule has 1 saturated heterocycles. The lowest BCUT2D eigenvalue weighted by Gasteiger charge is -2.19. The number of β-amino-alcohol motifs (C(OH)–C–C–N with tert-alkyl or cyclic N) is 1. The zero-order chi connectivity index (χ0) is 17.2. The fraction of sp³-hybridized carbons (Fsp3) is 0.353. The molecule has 1 aliphatic rings. The van der Waals surface area contributed by atoms with Gasteiger partial charge in [0.15, 0.2) is 0 Å². The number of aromatic nitrogens is 3. The molecule has 0 radical (unpaired) electrons. The molecule has 0 bridgehead atoms. The summed E-state index contributed by atoms with van der Waals surface area (Å²) in [6.07, 6.45) is 3.40. The molecule has 2 atom stereocenters. The van der Waals surface area contributed by atoms with Crippen molar-refractivity contribution < 1.29 is 19.2 Å². The highest BCUT2D eigenvalue weighted by Crippen LogP contribution is 2.33. The molecule has 0 amide bonds. The zero-order valence-corrected chi connectivity index (χ0v) is 13.4. The van der Waals surface area contributed by atoms with Crippen molar-refractivity contribution >= 4 is 0 Å². The van der Waals surface area contributed by atoms with Gasteiger partial charge in [-0.2, -0.15) is 4.98 Å². The molecule has 1 aliphatic heterocycles. The predicted molar refractivity (Wildman–Crippen MR) is 85.9 cm³/mol. The van der Waals surface area contributed by atoms with Gasteiger partial charge in [0.25, 0.3) is 0 Å². The van der Waals surface area contributed by atoms with E-state index in [0.717, 1.165) is 11.3 Å². The van der Waals surface area contributed by atoms with Gasteiger partial charge in [-0.1, -0.05) is 5.16 Å². The topological polar surface area (TPSA) is 109 Å². The van der Waals surface area contributed by atoms with Crippen LogP contribution in [0, 0.1) is 0 Å². The molecule has 25 heavy (non-hydrogen) atoms. The molecule has 3 aromatic heterocycles. The third-order valence-electron chi connectivity index (χ3n) is 4.28. The van der Waals surface area contributed by atoms with Crippen LogP contribution in [0.25, 0.3) is 11.4 Å². The van der Waals surface area contributed by atoms with Gasteiger partial charge in [-0.15, -0.1) is 0 Å². The largest absolute Gasteiger partial charge is 0.462 e. The summed E-state index contributed by atoms with van der Waals surface area (Å²) < 4.78 is 11.0. The summed E-state index contributed by atoms with van der Waals surface area (Å²) in [5, 5.41) is 23.2. The Labute approximate surface area is 143 Å². The molecule has 130 valence electrons. The van der Waals surface area contributed by atoms with Crippen LogP contribution < -0.4 is 0 Å². The third-order valence-corrected chi connectivity index (χ3v) is 4.28. The number of aliphatic hydroxyl groups is 2. The summed E-state index contributed by atoms with van der Waals surface area (Å²) in [5.74, 6) is 2.21. The van der Waals surface area contributed by atoms with E-state index in [9.17, 15) is 5.11 Å². The van der Waals surface area contributed by atoms with E-state index >= 15 is 0 Å². The van der Waals surface area contributed by atoms with Crippen LogP contribution in [0.5, 0.6) is 0 Å².